The molecule has 0 fully saturated rings. The average molecular weight is 325 g/mol. The Labute approximate surface area is 147 Å². The van der Waals surface area contributed by atoms with Gasteiger partial charge in [0.05, 0.1) is 12.8 Å². The summed E-state index contributed by atoms with van der Waals surface area (Å²) in [5, 5.41) is 2.33. The molecule has 4 rings (SSSR count). The van der Waals surface area contributed by atoms with Gasteiger partial charge in [-0.25, -0.2) is 0 Å². The van der Waals surface area contributed by atoms with Crippen LogP contribution in [-0.2, 0) is 6.42 Å². The van der Waals surface area contributed by atoms with Gasteiger partial charge in [0, 0.05) is 18.0 Å². The van der Waals surface area contributed by atoms with Crippen LogP contribution in [0.15, 0.2) is 85.1 Å². The highest BCUT2D eigenvalue weighted by molar-refractivity contribution is 5.86. The Morgan fingerprint density at radius 1 is 0.800 bits per heavy atom. The van der Waals surface area contributed by atoms with Crippen LogP contribution in [0.1, 0.15) is 11.3 Å². The number of aromatic nitrogens is 1. The van der Waals surface area contributed by atoms with Crippen LogP contribution in [0.2, 0.25) is 0 Å². The first kappa shape index (κ1) is 15.4. The van der Waals surface area contributed by atoms with Crippen LogP contribution in [-0.4, -0.2) is 12.1 Å². The molecule has 122 valence electrons. The Morgan fingerprint density at radius 2 is 1.64 bits per heavy atom. The topological polar surface area (TPSA) is 22.1 Å². The Hall–Kier alpha value is -3.13. The fourth-order valence-corrected chi connectivity index (χ4v) is 3.17. The molecule has 0 atom stereocenters. The van der Waals surface area contributed by atoms with Crippen molar-refractivity contribution in [3.05, 3.63) is 96.3 Å². The lowest BCUT2D eigenvalue weighted by atomic mass is 9.99. The van der Waals surface area contributed by atoms with Crippen molar-refractivity contribution in [3.63, 3.8) is 0 Å². The number of pyridine rings is 1. The number of rotatable bonds is 4. The Bertz CT molecular complexity index is 1010. The second-order valence-electron chi connectivity index (χ2n) is 6.09. The first-order valence-corrected chi connectivity index (χ1v) is 8.39. The van der Waals surface area contributed by atoms with Crippen molar-refractivity contribution >= 4 is 10.8 Å². The quantitative estimate of drug-likeness (QED) is 0.494. The molecule has 4 aromatic rings. The first-order valence-electron chi connectivity index (χ1n) is 8.39. The minimum atomic E-state index is 0.810. The van der Waals surface area contributed by atoms with E-state index >= 15 is 0 Å². The summed E-state index contributed by atoms with van der Waals surface area (Å²) >= 11 is 0. The van der Waals surface area contributed by atoms with Gasteiger partial charge in [0.1, 0.15) is 5.75 Å². The number of methoxy groups -OCH3 is 1. The SMILES string of the molecule is COc1ccc2c(Cc3cccc(-c4ccccc4)c3)nccc2c1. The minimum absolute atomic E-state index is 0.810. The minimum Gasteiger partial charge on any atom is -0.497 e. The van der Waals surface area contributed by atoms with Crippen molar-refractivity contribution in [2.75, 3.05) is 7.11 Å². The zero-order valence-electron chi connectivity index (χ0n) is 14.1. The fraction of sp³-hybridized carbons (Fsp3) is 0.0870. The third-order valence-electron chi connectivity index (χ3n) is 4.46. The van der Waals surface area contributed by atoms with Gasteiger partial charge in [-0.15, -0.1) is 0 Å². The molecule has 0 spiro atoms. The summed E-state index contributed by atoms with van der Waals surface area (Å²) < 4.78 is 5.32. The van der Waals surface area contributed by atoms with E-state index in [0.717, 1.165) is 23.3 Å². The van der Waals surface area contributed by atoms with Crippen molar-refractivity contribution in [2.45, 2.75) is 6.42 Å². The molecule has 0 radical (unpaired) electrons. The number of fused-ring (bicyclic) bond motifs is 1. The molecule has 2 heteroatoms. The Kier molecular flexibility index (Phi) is 4.17. The van der Waals surface area contributed by atoms with E-state index in [9.17, 15) is 0 Å². The van der Waals surface area contributed by atoms with Gasteiger partial charge < -0.3 is 4.74 Å². The predicted octanol–water partition coefficient (Wildman–Crippen LogP) is 5.50. The van der Waals surface area contributed by atoms with E-state index < -0.39 is 0 Å². The van der Waals surface area contributed by atoms with Crippen molar-refractivity contribution < 1.29 is 4.74 Å². The second kappa shape index (κ2) is 6.78. The zero-order chi connectivity index (χ0) is 17.1. The highest BCUT2D eigenvalue weighted by atomic mass is 16.5. The molecule has 0 amide bonds. The molecule has 1 heterocycles. The molecule has 0 bridgehead atoms. The van der Waals surface area contributed by atoms with E-state index in [0.29, 0.717) is 0 Å². The van der Waals surface area contributed by atoms with Crippen LogP contribution in [0.4, 0.5) is 0 Å². The molecule has 25 heavy (non-hydrogen) atoms. The van der Waals surface area contributed by atoms with Gasteiger partial charge in [-0.1, -0.05) is 54.6 Å². The lowest BCUT2D eigenvalue weighted by molar-refractivity contribution is 0.415. The maximum Gasteiger partial charge on any atom is 0.119 e. The van der Waals surface area contributed by atoms with Gasteiger partial charge in [0.15, 0.2) is 0 Å². The lowest BCUT2D eigenvalue weighted by Crippen LogP contribution is -1.94. The van der Waals surface area contributed by atoms with E-state index in [1.54, 1.807) is 7.11 Å². The Balaban J connectivity index is 1.70. The number of hydrogen-bond donors (Lipinski definition) is 0. The molecule has 0 aliphatic rings. The summed E-state index contributed by atoms with van der Waals surface area (Å²) in [6.45, 7) is 0. The molecule has 3 aromatic carbocycles. The molecule has 0 saturated carbocycles. The van der Waals surface area contributed by atoms with E-state index in [1.807, 2.05) is 24.4 Å². The van der Waals surface area contributed by atoms with Crippen molar-refractivity contribution in [2.24, 2.45) is 0 Å². The molecular formula is C23H19NO. The van der Waals surface area contributed by atoms with E-state index in [1.165, 1.54) is 22.1 Å². The zero-order valence-corrected chi connectivity index (χ0v) is 14.1. The summed E-state index contributed by atoms with van der Waals surface area (Å²) in [7, 11) is 1.69. The van der Waals surface area contributed by atoms with Crippen LogP contribution in [0.25, 0.3) is 21.9 Å². The highest BCUT2D eigenvalue weighted by Crippen LogP contribution is 2.25. The molecule has 2 nitrogen and oxygen atoms in total. The Morgan fingerprint density at radius 3 is 2.48 bits per heavy atom. The predicted molar refractivity (Wildman–Crippen MR) is 103 cm³/mol. The molecule has 0 unspecified atom stereocenters. The maximum absolute atomic E-state index is 5.32. The third kappa shape index (κ3) is 3.24. The number of hydrogen-bond acceptors (Lipinski definition) is 2. The summed E-state index contributed by atoms with van der Waals surface area (Å²) in [6, 6.07) is 27.3. The van der Waals surface area contributed by atoms with Crippen LogP contribution < -0.4 is 4.74 Å². The van der Waals surface area contributed by atoms with Gasteiger partial charge in [0.2, 0.25) is 0 Å². The summed E-state index contributed by atoms with van der Waals surface area (Å²) in [5.41, 5.74) is 4.82. The molecule has 0 N–H and O–H groups in total. The number of nitrogens with zero attached hydrogens (tertiary/aromatic N) is 1. The maximum atomic E-state index is 5.32. The standard InChI is InChI=1S/C23H19NO/c1-25-21-10-11-22-20(16-21)12-13-24-23(22)15-17-6-5-9-19(14-17)18-7-3-2-4-8-18/h2-14,16H,15H2,1H3. The highest BCUT2D eigenvalue weighted by Gasteiger charge is 2.06. The van der Waals surface area contributed by atoms with Crippen LogP contribution >= 0.6 is 0 Å². The van der Waals surface area contributed by atoms with Gasteiger partial charge in [-0.3, -0.25) is 4.98 Å². The van der Waals surface area contributed by atoms with Gasteiger partial charge in [0.25, 0.3) is 0 Å². The molecule has 0 aliphatic carbocycles. The molecule has 0 aliphatic heterocycles. The lowest BCUT2D eigenvalue weighted by Gasteiger charge is -2.09. The molecule has 0 saturated heterocycles. The van der Waals surface area contributed by atoms with Crippen molar-refractivity contribution in [1.82, 2.24) is 4.98 Å². The summed E-state index contributed by atoms with van der Waals surface area (Å²) in [4.78, 5) is 4.62. The number of ether oxygens (including phenoxy) is 1. The van der Waals surface area contributed by atoms with Crippen LogP contribution in [0.3, 0.4) is 0 Å². The van der Waals surface area contributed by atoms with Crippen LogP contribution in [0.5, 0.6) is 5.75 Å². The largest absolute Gasteiger partial charge is 0.497 e. The van der Waals surface area contributed by atoms with Crippen molar-refractivity contribution in [1.29, 1.82) is 0 Å². The smallest absolute Gasteiger partial charge is 0.119 e. The monoisotopic (exact) mass is 325 g/mol. The van der Waals surface area contributed by atoms with E-state index in [4.69, 9.17) is 4.74 Å². The van der Waals surface area contributed by atoms with Gasteiger partial charge in [-0.05, 0) is 46.3 Å². The van der Waals surface area contributed by atoms with E-state index in [-0.39, 0.29) is 0 Å². The fourth-order valence-electron chi connectivity index (χ4n) is 3.17. The number of benzene rings is 3. The normalized spacial score (nSPS) is 10.8. The third-order valence-corrected chi connectivity index (χ3v) is 4.46. The van der Waals surface area contributed by atoms with Crippen LogP contribution in [0, 0.1) is 0 Å². The van der Waals surface area contributed by atoms with Gasteiger partial charge in [-0.2, -0.15) is 0 Å². The molecular weight excluding hydrogens is 306 g/mol. The van der Waals surface area contributed by atoms with Gasteiger partial charge >= 0.3 is 0 Å². The van der Waals surface area contributed by atoms with Crippen molar-refractivity contribution in [3.8, 4) is 16.9 Å². The second-order valence-corrected chi connectivity index (χ2v) is 6.09. The van der Waals surface area contributed by atoms with E-state index in [2.05, 4.69) is 65.6 Å². The first-order chi connectivity index (χ1) is 12.3. The average Bonchev–Trinajstić information content (AvgIpc) is 2.69. The summed E-state index contributed by atoms with van der Waals surface area (Å²) in [6.07, 6.45) is 2.68. The summed E-state index contributed by atoms with van der Waals surface area (Å²) in [5.74, 6) is 0.871. The molecule has 1 aromatic heterocycles.